The minimum atomic E-state index is -4.74. The Morgan fingerprint density at radius 2 is 0.844 bits per heavy atom. The minimum Gasteiger partial charge on any atom is -0.480 e. The van der Waals surface area contributed by atoms with Crippen LogP contribution in [0.5, 0.6) is 0 Å². The minimum absolute atomic E-state index is 0.141. The fraction of sp³-hybridized carbons (Fsp3) is 0.712. The molecule has 0 aromatic heterocycles. The summed E-state index contributed by atoms with van der Waals surface area (Å²) in [6.07, 6.45) is 56.8. The number of hydrogen-bond donors (Lipinski definition) is 3. The van der Waals surface area contributed by atoms with Crippen molar-refractivity contribution >= 4 is 25.7 Å². The number of carboxylic acid groups (broad SMARTS) is 1. The summed E-state index contributed by atoms with van der Waals surface area (Å²) in [7, 11) is -4.74. The van der Waals surface area contributed by atoms with Gasteiger partial charge in [-0.25, -0.2) is 4.57 Å². The number of phosphoric acid groups is 1. The molecule has 11 nitrogen and oxygen atoms in total. The van der Waals surface area contributed by atoms with Crippen LogP contribution in [-0.2, 0) is 37.5 Å². The van der Waals surface area contributed by atoms with E-state index in [0.717, 1.165) is 57.8 Å². The van der Waals surface area contributed by atoms with Crippen LogP contribution >= 0.6 is 7.82 Å². The van der Waals surface area contributed by atoms with E-state index in [2.05, 4.69) is 85.2 Å². The zero-order chi connectivity index (χ0) is 47.0. The summed E-state index contributed by atoms with van der Waals surface area (Å²) in [5, 5.41) is 8.92. The fourth-order valence-corrected chi connectivity index (χ4v) is 7.28. The average Bonchev–Trinajstić information content (AvgIpc) is 3.27. The van der Waals surface area contributed by atoms with Crippen molar-refractivity contribution in [2.24, 2.45) is 5.73 Å². The zero-order valence-electron chi connectivity index (χ0n) is 40.1. The van der Waals surface area contributed by atoms with E-state index in [0.29, 0.717) is 19.3 Å². The number of nitrogens with two attached hydrogens (primary N) is 1. The van der Waals surface area contributed by atoms with E-state index in [1.807, 2.05) is 6.08 Å². The second-order valence-corrected chi connectivity index (χ2v) is 18.0. The smallest absolute Gasteiger partial charge is 0.472 e. The van der Waals surface area contributed by atoms with Gasteiger partial charge in [0.05, 0.1) is 13.2 Å². The van der Waals surface area contributed by atoms with E-state index in [1.54, 1.807) is 0 Å². The van der Waals surface area contributed by atoms with Crippen LogP contribution in [0.1, 0.15) is 206 Å². The highest BCUT2D eigenvalue weighted by Gasteiger charge is 2.28. The summed E-state index contributed by atoms with van der Waals surface area (Å²) >= 11 is 0. The summed E-state index contributed by atoms with van der Waals surface area (Å²) in [5.74, 6) is -2.46. The Balaban J connectivity index is 4.38. The Morgan fingerprint density at radius 3 is 1.31 bits per heavy atom. The number of carboxylic acids is 1. The number of phosphoric ester groups is 1. The normalized spacial score (nSPS) is 14.2. The van der Waals surface area contributed by atoms with Crippen LogP contribution in [0.2, 0.25) is 0 Å². The van der Waals surface area contributed by atoms with Crippen LogP contribution < -0.4 is 5.73 Å². The molecule has 0 heterocycles. The van der Waals surface area contributed by atoms with Gasteiger partial charge in [0.15, 0.2) is 6.10 Å². The van der Waals surface area contributed by atoms with E-state index in [4.69, 9.17) is 24.8 Å². The second kappa shape index (κ2) is 46.4. The molecule has 0 aliphatic carbocycles. The van der Waals surface area contributed by atoms with E-state index in [-0.39, 0.29) is 19.4 Å². The molecule has 0 radical (unpaired) electrons. The molecule has 0 spiro atoms. The Labute approximate surface area is 389 Å². The van der Waals surface area contributed by atoms with Gasteiger partial charge in [-0.1, -0.05) is 183 Å². The first-order chi connectivity index (χ1) is 31.1. The maximum atomic E-state index is 12.7. The molecule has 0 fully saturated rings. The number of allylic oxidation sites excluding steroid dienone is 12. The van der Waals surface area contributed by atoms with Gasteiger partial charge in [-0.2, -0.15) is 0 Å². The summed E-state index contributed by atoms with van der Waals surface area (Å²) in [5.41, 5.74) is 5.34. The molecule has 3 atom stereocenters. The van der Waals surface area contributed by atoms with Gasteiger partial charge < -0.3 is 25.2 Å². The number of carbonyl (C=O) groups excluding carboxylic acids is 2. The van der Waals surface area contributed by atoms with E-state index < -0.39 is 51.1 Å². The molecular weight excluding hydrogens is 830 g/mol. The standard InChI is InChI=1S/C52H90NO10P/c1-3-5-7-9-11-13-15-17-19-21-23-24-26-27-29-31-33-35-37-39-41-43-50(54)60-45-48(46-61-64(58,59)62-47-49(53)52(56)57)63-51(55)44-42-40-38-36-34-32-30-28-25-22-20-18-16-14-12-10-8-6-4-2/h12,14,18-21,24,26,29,31,35,37,48-49H,3-11,13,15-17,22-23,25,27-28,30,32-34,36,38-47,53H2,1-2H3,(H,56,57)(H,58,59)/b14-12+,20-18+,21-19+,26-24+,31-29+,37-35+/t48-,49+/m1/s1. The third kappa shape index (κ3) is 45.5. The number of unbranched alkanes of at least 4 members (excludes halogenated alkanes) is 20. The van der Waals surface area contributed by atoms with Crippen LogP contribution in [0.15, 0.2) is 72.9 Å². The monoisotopic (exact) mass is 920 g/mol. The van der Waals surface area contributed by atoms with E-state index in [1.165, 1.54) is 103 Å². The maximum absolute atomic E-state index is 12.7. The molecule has 0 bridgehead atoms. The van der Waals surface area contributed by atoms with Crippen LogP contribution in [-0.4, -0.2) is 59.9 Å². The molecule has 0 saturated carbocycles. The average molecular weight is 920 g/mol. The number of ether oxygens (including phenoxy) is 2. The highest BCUT2D eigenvalue weighted by Crippen LogP contribution is 2.43. The SMILES string of the molecule is CCCCC/C=C/C/C=C/CCCCCCCCCCCC(=O)O[C@H](COC(=O)CCC/C=C/C/C=C/C/C=C/C/C=C/CCCCCCCCC)COP(=O)(O)OC[C@H](N)C(=O)O. The molecule has 0 rings (SSSR count). The number of rotatable bonds is 46. The molecule has 0 aliphatic heterocycles. The number of carbonyl (C=O) groups is 3. The van der Waals surface area contributed by atoms with Gasteiger partial charge in [0.1, 0.15) is 12.6 Å². The quantitative estimate of drug-likeness (QED) is 0.0230. The van der Waals surface area contributed by atoms with Crippen molar-refractivity contribution in [1.29, 1.82) is 0 Å². The van der Waals surface area contributed by atoms with Gasteiger partial charge in [0.25, 0.3) is 0 Å². The molecule has 0 saturated heterocycles. The lowest BCUT2D eigenvalue weighted by atomic mass is 10.1. The highest BCUT2D eigenvalue weighted by molar-refractivity contribution is 7.47. The first-order valence-electron chi connectivity index (χ1n) is 25.0. The first-order valence-corrected chi connectivity index (χ1v) is 26.5. The Kier molecular flexibility index (Phi) is 44.2. The van der Waals surface area contributed by atoms with Crippen LogP contribution in [0.3, 0.4) is 0 Å². The Morgan fingerprint density at radius 1 is 0.484 bits per heavy atom. The third-order valence-corrected chi connectivity index (χ3v) is 11.4. The largest absolute Gasteiger partial charge is 0.480 e. The van der Waals surface area contributed by atoms with Gasteiger partial charge in [-0.3, -0.25) is 23.4 Å². The van der Waals surface area contributed by atoms with Crippen molar-refractivity contribution in [3.63, 3.8) is 0 Å². The Bertz CT molecular complexity index is 1360. The molecule has 0 amide bonds. The molecule has 368 valence electrons. The van der Waals surface area contributed by atoms with Crippen molar-refractivity contribution in [3.8, 4) is 0 Å². The number of hydrogen-bond acceptors (Lipinski definition) is 9. The fourth-order valence-electron chi connectivity index (χ4n) is 6.50. The molecule has 12 heteroatoms. The lowest BCUT2D eigenvalue weighted by Crippen LogP contribution is -2.34. The summed E-state index contributed by atoms with van der Waals surface area (Å²) in [6, 6.07) is -1.53. The van der Waals surface area contributed by atoms with E-state index >= 15 is 0 Å². The predicted molar refractivity (Wildman–Crippen MR) is 263 cm³/mol. The molecule has 1 unspecified atom stereocenters. The number of esters is 2. The molecule has 0 aromatic carbocycles. The first kappa shape index (κ1) is 60.9. The van der Waals surface area contributed by atoms with Gasteiger partial charge in [-0.15, -0.1) is 0 Å². The molecule has 0 aliphatic rings. The molecule has 4 N–H and O–H groups in total. The highest BCUT2D eigenvalue weighted by atomic mass is 31.2. The second-order valence-electron chi connectivity index (χ2n) is 16.6. The Hall–Kier alpha value is -3.08. The molecule has 64 heavy (non-hydrogen) atoms. The lowest BCUT2D eigenvalue weighted by molar-refractivity contribution is -0.161. The topological polar surface area (TPSA) is 172 Å². The third-order valence-electron chi connectivity index (χ3n) is 10.4. The van der Waals surface area contributed by atoms with Crippen molar-refractivity contribution in [1.82, 2.24) is 0 Å². The summed E-state index contributed by atoms with van der Waals surface area (Å²) in [4.78, 5) is 46.1. The lowest BCUT2D eigenvalue weighted by Gasteiger charge is -2.20. The van der Waals surface area contributed by atoms with Gasteiger partial charge in [-0.05, 0) is 83.5 Å². The van der Waals surface area contributed by atoms with Crippen molar-refractivity contribution in [3.05, 3.63) is 72.9 Å². The predicted octanol–water partition coefficient (Wildman–Crippen LogP) is 14.1. The number of aliphatic carboxylic acids is 1. The van der Waals surface area contributed by atoms with E-state index in [9.17, 15) is 23.8 Å². The van der Waals surface area contributed by atoms with Gasteiger partial charge in [0, 0.05) is 12.8 Å². The molecule has 0 aromatic rings. The van der Waals surface area contributed by atoms with Gasteiger partial charge in [0.2, 0.25) is 0 Å². The maximum Gasteiger partial charge on any atom is 0.472 e. The summed E-state index contributed by atoms with van der Waals surface area (Å²) in [6.45, 7) is 2.73. The molecular formula is C52H90NO10P. The van der Waals surface area contributed by atoms with Crippen LogP contribution in [0.25, 0.3) is 0 Å². The van der Waals surface area contributed by atoms with Crippen LogP contribution in [0.4, 0.5) is 0 Å². The van der Waals surface area contributed by atoms with Crippen LogP contribution in [0, 0.1) is 0 Å². The van der Waals surface area contributed by atoms with Crippen molar-refractivity contribution < 1.29 is 47.5 Å². The van der Waals surface area contributed by atoms with Crippen molar-refractivity contribution in [2.45, 2.75) is 219 Å². The summed E-state index contributed by atoms with van der Waals surface area (Å²) < 4.78 is 32.8. The van der Waals surface area contributed by atoms with Gasteiger partial charge >= 0.3 is 25.7 Å². The zero-order valence-corrected chi connectivity index (χ0v) is 41.0. The van der Waals surface area contributed by atoms with Crippen molar-refractivity contribution in [2.75, 3.05) is 19.8 Å².